The molecule has 0 saturated carbocycles. The van der Waals surface area contributed by atoms with Crippen LogP contribution in [0.15, 0.2) is 18.2 Å². The highest BCUT2D eigenvalue weighted by molar-refractivity contribution is 5.10. The Morgan fingerprint density at radius 1 is 1.11 bits per heavy atom. The van der Waals surface area contributed by atoms with Crippen molar-refractivity contribution in [1.82, 2.24) is 10.3 Å². The van der Waals surface area contributed by atoms with Gasteiger partial charge in [0.1, 0.15) is 0 Å². The Morgan fingerprint density at radius 2 is 1.84 bits per heavy atom. The maximum Gasteiger partial charge on any atom is 0.0887 e. The molecule has 108 valence electrons. The molecule has 0 fully saturated rings. The zero-order chi connectivity index (χ0) is 14.1. The predicted molar refractivity (Wildman–Crippen MR) is 79.9 cm³/mol. The molecule has 1 N–H and O–H groups in total. The normalized spacial score (nSPS) is 11.5. The third-order valence-electron chi connectivity index (χ3n) is 2.81. The van der Waals surface area contributed by atoms with E-state index in [4.69, 9.17) is 4.74 Å². The average molecular weight is 264 g/mol. The van der Waals surface area contributed by atoms with Crippen molar-refractivity contribution in [2.75, 3.05) is 13.2 Å². The Morgan fingerprint density at radius 3 is 2.53 bits per heavy atom. The van der Waals surface area contributed by atoms with Crippen LogP contribution in [0.2, 0.25) is 0 Å². The molecule has 0 radical (unpaired) electrons. The molecule has 0 spiro atoms. The first-order valence-electron chi connectivity index (χ1n) is 7.31. The lowest BCUT2D eigenvalue weighted by Gasteiger charge is -2.09. The maximum absolute atomic E-state index is 5.65. The number of ether oxygens (including phenoxy) is 1. The van der Waals surface area contributed by atoms with Gasteiger partial charge < -0.3 is 10.1 Å². The van der Waals surface area contributed by atoms with Crippen molar-refractivity contribution in [2.45, 2.75) is 47.3 Å². The van der Waals surface area contributed by atoms with Crippen LogP contribution in [0.4, 0.5) is 0 Å². The van der Waals surface area contributed by atoms with Crippen LogP contribution in [0, 0.1) is 11.8 Å². The summed E-state index contributed by atoms with van der Waals surface area (Å²) in [7, 11) is 0. The van der Waals surface area contributed by atoms with Crippen LogP contribution in [0.5, 0.6) is 0 Å². The van der Waals surface area contributed by atoms with Gasteiger partial charge in [-0.25, -0.2) is 0 Å². The topological polar surface area (TPSA) is 34.1 Å². The van der Waals surface area contributed by atoms with Gasteiger partial charge in [0.25, 0.3) is 0 Å². The molecule has 1 heterocycles. The molecule has 0 atom stereocenters. The van der Waals surface area contributed by atoms with Crippen LogP contribution < -0.4 is 5.32 Å². The maximum atomic E-state index is 5.65. The third kappa shape index (κ3) is 7.96. The summed E-state index contributed by atoms with van der Waals surface area (Å²) in [4.78, 5) is 4.60. The second kappa shape index (κ2) is 9.05. The second-order valence-electron chi connectivity index (χ2n) is 5.88. The van der Waals surface area contributed by atoms with E-state index in [2.05, 4.69) is 50.1 Å². The molecule has 0 saturated heterocycles. The van der Waals surface area contributed by atoms with Crippen molar-refractivity contribution in [3.63, 3.8) is 0 Å². The molecule has 3 nitrogen and oxygen atoms in total. The summed E-state index contributed by atoms with van der Waals surface area (Å²) in [5.41, 5.74) is 2.11. The summed E-state index contributed by atoms with van der Waals surface area (Å²) in [6.07, 6.45) is 1.11. The minimum Gasteiger partial charge on any atom is -0.375 e. The Labute approximate surface area is 117 Å². The first-order valence-corrected chi connectivity index (χ1v) is 7.31. The van der Waals surface area contributed by atoms with Crippen LogP contribution in [-0.2, 0) is 17.9 Å². The van der Waals surface area contributed by atoms with Gasteiger partial charge in [0.2, 0.25) is 0 Å². The van der Waals surface area contributed by atoms with Crippen molar-refractivity contribution in [3.8, 4) is 0 Å². The highest BCUT2D eigenvalue weighted by atomic mass is 16.5. The number of nitrogens with one attached hydrogen (secondary N) is 1. The summed E-state index contributed by atoms with van der Waals surface area (Å²) in [5.74, 6) is 1.36. The Bertz CT molecular complexity index is 350. The first kappa shape index (κ1) is 16.1. The Kier molecular flexibility index (Phi) is 7.68. The van der Waals surface area contributed by atoms with Gasteiger partial charge >= 0.3 is 0 Å². The SMILES string of the molecule is CC(C)CCOCc1cccc(CNCC(C)C)n1. The molecular formula is C16H28N2O. The van der Waals surface area contributed by atoms with E-state index in [0.29, 0.717) is 18.4 Å². The standard InChI is InChI=1S/C16H28N2O/c1-13(2)8-9-19-12-16-7-5-6-15(18-16)11-17-10-14(3)4/h5-7,13-14,17H,8-12H2,1-4H3. The summed E-state index contributed by atoms with van der Waals surface area (Å²) in [5, 5.41) is 3.41. The smallest absolute Gasteiger partial charge is 0.0887 e. The molecule has 1 aromatic rings. The molecule has 0 aliphatic carbocycles. The van der Waals surface area contributed by atoms with E-state index < -0.39 is 0 Å². The van der Waals surface area contributed by atoms with Crippen molar-refractivity contribution >= 4 is 0 Å². The molecule has 0 amide bonds. The van der Waals surface area contributed by atoms with Crippen molar-refractivity contribution in [1.29, 1.82) is 0 Å². The van der Waals surface area contributed by atoms with E-state index in [-0.39, 0.29) is 0 Å². The van der Waals surface area contributed by atoms with Crippen LogP contribution in [0.1, 0.15) is 45.5 Å². The molecule has 0 bridgehead atoms. The fraction of sp³-hybridized carbons (Fsp3) is 0.688. The van der Waals surface area contributed by atoms with Gasteiger partial charge in [-0.3, -0.25) is 4.98 Å². The largest absolute Gasteiger partial charge is 0.375 e. The van der Waals surface area contributed by atoms with E-state index in [0.717, 1.165) is 37.5 Å². The minimum absolute atomic E-state index is 0.616. The van der Waals surface area contributed by atoms with E-state index in [1.54, 1.807) is 0 Å². The highest BCUT2D eigenvalue weighted by Gasteiger charge is 2.00. The quantitative estimate of drug-likeness (QED) is 0.694. The molecule has 19 heavy (non-hydrogen) atoms. The summed E-state index contributed by atoms with van der Waals surface area (Å²) >= 11 is 0. The zero-order valence-electron chi connectivity index (χ0n) is 12.8. The van der Waals surface area contributed by atoms with E-state index in [9.17, 15) is 0 Å². The summed E-state index contributed by atoms with van der Waals surface area (Å²) in [6, 6.07) is 6.15. The molecule has 3 heteroatoms. The monoisotopic (exact) mass is 264 g/mol. The molecular weight excluding hydrogens is 236 g/mol. The molecule has 0 aliphatic rings. The molecule has 0 unspecified atom stereocenters. The zero-order valence-corrected chi connectivity index (χ0v) is 12.8. The minimum atomic E-state index is 0.616. The molecule has 1 aromatic heterocycles. The van der Waals surface area contributed by atoms with Crippen LogP contribution in [0.3, 0.4) is 0 Å². The van der Waals surface area contributed by atoms with Crippen molar-refractivity contribution in [2.24, 2.45) is 11.8 Å². The molecule has 1 rings (SSSR count). The lowest BCUT2D eigenvalue weighted by atomic mass is 10.1. The van der Waals surface area contributed by atoms with E-state index in [1.807, 2.05) is 6.07 Å². The summed E-state index contributed by atoms with van der Waals surface area (Å²) in [6.45, 7) is 12.1. The fourth-order valence-corrected chi connectivity index (χ4v) is 1.69. The van der Waals surface area contributed by atoms with Gasteiger partial charge in [-0.1, -0.05) is 33.8 Å². The fourth-order valence-electron chi connectivity index (χ4n) is 1.69. The molecule has 0 aromatic carbocycles. The average Bonchev–Trinajstić information content (AvgIpc) is 2.34. The van der Waals surface area contributed by atoms with Gasteiger partial charge in [-0.2, -0.15) is 0 Å². The predicted octanol–water partition coefficient (Wildman–Crippen LogP) is 3.39. The number of rotatable bonds is 9. The van der Waals surface area contributed by atoms with E-state index in [1.165, 1.54) is 0 Å². The van der Waals surface area contributed by atoms with Gasteiger partial charge in [0.05, 0.1) is 18.0 Å². The number of hydrogen-bond acceptors (Lipinski definition) is 3. The third-order valence-corrected chi connectivity index (χ3v) is 2.81. The van der Waals surface area contributed by atoms with Crippen LogP contribution in [-0.4, -0.2) is 18.1 Å². The van der Waals surface area contributed by atoms with Gasteiger partial charge in [0, 0.05) is 13.2 Å². The lowest BCUT2D eigenvalue weighted by molar-refractivity contribution is 0.108. The van der Waals surface area contributed by atoms with Crippen molar-refractivity contribution < 1.29 is 4.74 Å². The number of hydrogen-bond donors (Lipinski definition) is 1. The van der Waals surface area contributed by atoms with Gasteiger partial charge in [0.15, 0.2) is 0 Å². The second-order valence-corrected chi connectivity index (χ2v) is 5.88. The Hall–Kier alpha value is -0.930. The van der Waals surface area contributed by atoms with Crippen LogP contribution in [0.25, 0.3) is 0 Å². The highest BCUT2D eigenvalue weighted by Crippen LogP contribution is 2.04. The van der Waals surface area contributed by atoms with Gasteiger partial charge in [-0.05, 0) is 36.9 Å². The molecule has 0 aliphatic heterocycles. The number of nitrogens with zero attached hydrogens (tertiary/aromatic N) is 1. The first-order chi connectivity index (χ1) is 9.08. The lowest BCUT2D eigenvalue weighted by Crippen LogP contribution is -2.19. The summed E-state index contributed by atoms with van der Waals surface area (Å²) < 4.78 is 5.65. The Balaban J connectivity index is 2.31. The number of pyridine rings is 1. The van der Waals surface area contributed by atoms with Crippen LogP contribution >= 0.6 is 0 Å². The van der Waals surface area contributed by atoms with E-state index >= 15 is 0 Å². The van der Waals surface area contributed by atoms with Crippen molar-refractivity contribution in [3.05, 3.63) is 29.6 Å². The number of aromatic nitrogens is 1. The van der Waals surface area contributed by atoms with Gasteiger partial charge in [-0.15, -0.1) is 0 Å².